The number of carbonyl (C=O) groups is 1. The standard InChI is InChI=1S/C8H13F3NO9P/c9-8(10,11)7(16)12-3-5(15)4(14)2(1-13)20-6(3)21-22(17,18)19/h2-6,13-15H,1H2,(H,12,16)(H2,17,18,19)/t2-,3-,4-,5-,6-/m1/s1. The summed E-state index contributed by atoms with van der Waals surface area (Å²) < 4.78 is 56.1. The van der Waals surface area contributed by atoms with Crippen molar-refractivity contribution in [2.24, 2.45) is 0 Å². The van der Waals surface area contributed by atoms with Crippen LogP contribution in [-0.4, -0.2) is 74.4 Å². The van der Waals surface area contributed by atoms with Gasteiger partial charge in [0.2, 0.25) is 0 Å². The molecular weight excluding hydrogens is 342 g/mol. The van der Waals surface area contributed by atoms with E-state index >= 15 is 0 Å². The first-order valence-corrected chi connectivity index (χ1v) is 7.14. The smallest absolute Gasteiger partial charge is 0.394 e. The Balaban J connectivity index is 3.00. The van der Waals surface area contributed by atoms with Gasteiger partial charge in [-0.15, -0.1) is 0 Å². The Hall–Kier alpha value is -0.790. The number of carbonyl (C=O) groups excluding carboxylic acids is 1. The summed E-state index contributed by atoms with van der Waals surface area (Å²) in [6, 6.07) is -2.14. The van der Waals surface area contributed by atoms with Crippen molar-refractivity contribution in [2.45, 2.75) is 36.8 Å². The summed E-state index contributed by atoms with van der Waals surface area (Å²) in [5.74, 6) is -2.55. The molecule has 0 unspecified atom stereocenters. The number of phosphoric acid groups is 1. The van der Waals surface area contributed by atoms with Gasteiger partial charge in [-0.2, -0.15) is 13.2 Å². The Bertz CT molecular complexity index is 455. The van der Waals surface area contributed by atoms with Gasteiger partial charge in [0.15, 0.2) is 6.29 Å². The maximum Gasteiger partial charge on any atom is 0.472 e. The molecule has 1 aliphatic rings. The molecule has 130 valence electrons. The monoisotopic (exact) mass is 355 g/mol. The zero-order valence-electron chi connectivity index (χ0n) is 10.5. The predicted octanol–water partition coefficient (Wildman–Crippen LogP) is -2.42. The fourth-order valence-corrected chi connectivity index (χ4v) is 2.15. The molecular formula is C8H13F3NO9P. The van der Waals surface area contributed by atoms with Crippen molar-refractivity contribution in [1.29, 1.82) is 0 Å². The number of rotatable bonds is 4. The van der Waals surface area contributed by atoms with Crippen LogP contribution in [0.3, 0.4) is 0 Å². The van der Waals surface area contributed by atoms with Crippen LogP contribution in [0.2, 0.25) is 0 Å². The van der Waals surface area contributed by atoms with Crippen molar-refractivity contribution >= 4 is 13.7 Å². The molecule has 1 aliphatic heterocycles. The van der Waals surface area contributed by atoms with E-state index in [0.717, 1.165) is 0 Å². The van der Waals surface area contributed by atoms with Crippen LogP contribution in [0.5, 0.6) is 0 Å². The molecule has 14 heteroatoms. The van der Waals surface area contributed by atoms with E-state index in [-0.39, 0.29) is 0 Å². The van der Waals surface area contributed by atoms with Crippen molar-refractivity contribution in [3.63, 3.8) is 0 Å². The first-order valence-electron chi connectivity index (χ1n) is 5.61. The number of ether oxygens (including phenoxy) is 1. The highest BCUT2D eigenvalue weighted by molar-refractivity contribution is 7.46. The van der Waals surface area contributed by atoms with Crippen LogP contribution in [0.1, 0.15) is 0 Å². The topological polar surface area (TPSA) is 166 Å². The number of hydrogen-bond acceptors (Lipinski definition) is 7. The van der Waals surface area contributed by atoms with Gasteiger partial charge in [0.25, 0.3) is 0 Å². The first-order chi connectivity index (χ1) is 9.86. The average Bonchev–Trinajstić information content (AvgIpc) is 2.35. The van der Waals surface area contributed by atoms with E-state index in [1.807, 2.05) is 0 Å². The lowest BCUT2D eigenvalue weighted by atomic mass is 9.97. The molecule has 5 atom stereocenters. The molecule has 1 fully saturated rings. The number of aliphatic hydroxyl groups excluding tert-OH is 3. The molecule has 0 aliphatic carbocycles. The number of alkyl halides is 3. The van der Waals surface area contributed by atoms with Gasteiger partial charge in [0.05, 0.1) is 6.61 Å². The van der Waals surface area contributed by atoms with Crippen LogP contribution < -0.4 is 5.32 Å². The van der Waals surface area contributed by atoms with Crippen molar-refractivity contribution in [2.75, 3.05) is 6.61 Å². The summed E-state index contributed by atoms with van der Waals surface area (Å²) in [4.78, 5) is 28.2. The Morgan fingerprint density at radius 2 is 1.82 bits per heavy atom. The lowest BCUT2D eigenvalue weighted by Crippen LogP contribution is -2.65. The van der Waals surface area contributed by atoms with Gasteiger partial charge in [0.1, 0.15) is 24.4 Å². The average molecular weight is 355 g/mol. The SMILES string of the molecule is O=C(N[C@H]1[C@@H](OP(=O)(O)O)O[C@H](CO)[C@@H](O)[C@@H]1O)C(F)(F)F. The molecule has 0 bridgehead atoms. The summed E-state index contributed by atoms with van der Waals surface area (Å²) in [6.07, 6.45) is -13.3. The molecule has 0 spiro atoms. The molecule has 0 saturated carbocycles. The van der Waals surface area contributed by atoms with Crippen LogP contribution in [0.4, 0.5) is 13.2 Å². The summed E-state index contributed by atoms with van der Waals surface area (Å²) >= 11 is 0. The van der Waals surface area contributed by atoms with E-state index in [2.05, 4.69) is 9.26 Å². The second-order valence-corrected chi connectivity index (χ2v) is 5.49. The van der Waals surface area contributed by atoms with Crippen molar-refractivity contribution in [3.05, 3.63) is 0 Å². The summed E-state index contributed by atoms with van der Waals surface area (Å²) in [6.45, 7) is -0.931. The van der Waals surface area contributed by atoms with Crippen molar-refractivity contribution in [3.8, 4) is 0 Å². The van der Waals surface area contributed by atoms with E-state index in [9.17, 15) is 32.7 Å². The summed E-state index contributed by atoms with van der Waals surface area (Å²) in [7, 11) is -5.27. The minimum absolute atomic E-state index is 0.931. The summed E-state index contributed by atoms with van der Waals surface area (Å²) in [5.41, 5.74) is 0. The number of halogens is 3. The van der Waals surface area contributed by atoms with Crippen molar-refractivity contribution in [1.82, 2.24) is 5.32 Å². The third-order valence-electron chi connectivity index (χ3n) is 2.68. The minimum Gasteiger partial charge on any atom is -0.394 e. The number of nitrogens with one attached hydrogen (secondary N) is 1. The van der Waals surface area contributed by atoms with E-state index in [0.29, 0.717) is 0 Å². The predicted molar refractivity (Wildman–Crippen MR) is 58.9 cm³/mol. The number of aliphatic hydroxyl groups is 3. The van der Waals surface area contributed by atoms with Gasteiger partial charge in [-0.05, 0) is 0 Å². The Kier molecular flexibility index (Phi) is 5.92. The number of hydrogen-bond donors (Lipinski definition) is 6. The maximum atomic E-state index is 12.2. The first kappa shape index (κ1) is 19.3. The minimum atomic E-state index is -5.36. The molecule has 6 N–H and O–H groups in total. The third-order valence-corrected chi connectivity index (χ3v) is 3.16. The van der Waals surface area contributed by atoms with E-state index in [1.54, 1.807) is 0 Å². The third kappa shape index (κ3) is 4.86. The summed E-state index contributed by atoms with van der Waals surface area (Å²) in [5, 5.41) is 29.3. The highest BCUT2D eigenvalue weighted by atomic mass is 31.2. The fourth-order valence-electron chi connectivity index (χ4n) is 1.69. The van der Waals surface area contributed by atoms with Gasteiger partial charge in [0, 0.05) is 0 Å². The molecule has 1 amide bonds. The maximum absolute atomic E-state index is 12.2. The Morgan fingerprint density at radius 3 is 2.23 bits per heavy atom. The second-order valence-electron chi connectivity index (χ2n) is 4.30. The Labute approximate surface area is 120 Å². The molecule has 1 heterocycles. The van der Waals surface area contributed by atoms with Gasteiger partial charge in [-0.3, -0.25) is 9.32 Å². The molecule has 1 saturated heterocycles. The fraction of sp³-hybridized carbons (Fsp3) is 0.875. The molecule has 1 rings (SSSR count). The highest BCUT2D eigenvalue weighted by Gasteiger charge is 2.50. The lowest BCUT2D eigenvalue weighted by molar-refractivity contribution is -0.250. The van der Waals surface area contributed by atoms with Gasteiger partial charge >= 0.3 is 19.9 Å². The van der Waals surface area contributed by atoms with Crippen LogP contribution in [-0.2, 0) is 18.6 Å². The molecule has 0 aromatic rings. The van der Waals surface area contributed by atoms with E-state index in [4.69, 9.17) is 14.9 Å². The zero-order valence-corrected chi connectivity index (χ0v) is 11.4. The van der Waals surface area contributed by atoms with Gasteiger partial charge in [-0.1, -0.05) is 0 Å². The van der Waals surface area contributed by atoms with E-state index < -0.39 is 57.2 Å². The van der Waals surface area contributed by atoms with Gasteiger partial charge in [-0.25, -0.2) is 4.57 Å². The normalized spacial score (nSPS) is 33.5. The van der Waals surface area contributed by atoms with E-state index in [1.165, 1.54) is 5.32 Å². The van der Waals surface area contributed by atoms with Crippen molar-refractivity contribution < 1.29 is 56.9 Å². The quantitative estimate of drug-likeness (QED) is 0.301. The van der Waals surface area contributed by atoms with Gasteiger partial charge < -0.3 is 35.2 Å². The lowest BCUT2D eigenvalue weighted by Gasteiger charge is -2.41. The molecule has 10 nitrogen and oxygen atoms in total. The molecule has 0 radical (unpaired) electrons. The largest absolute Gasteiger partial charge is 0.472 e. The van der Waals surface area contributed by atoms with Crippen LogP contribution in [0.25, 0.3) is 0 Å². The Morgan fingerprint density at radius 1 is 1.27 bits per heavy atom. The molecule has 0 aromatic carbocycles. The second kappa shape index (κ2) is 6.76. The molecule has 0 aromatic heterocycles. The van der Waals surface area contributed by atoms with Crippen LogP contribution >= 0.6 is 7.82 Å². The highest BCUT2D eigenvalue weighted by Crippen LogP contribution is 2.40. The zero-order chi connectivity index (χ0) is 17.3. The number of phosphoric ester groups is 1. The number of amides is 1. The van der Waals surface area contributed by atoms with Crippen LogP contribution in [0, 0.1) is 0 Å². The van der Waals surface area contributed by atoms with Crippen LogP contribution in [0.15, 0.2) is 0 Å². The molecule has 22 heavy (non-hydrogen) atoms.